The number of nitrogens with one attached hydrogen (secondary N) is 1. The van der Waals surface area contributed by atoms with Crippen LogP contribution in [-0.4, -0.2) is 19.2 Å². The highest BCUT2D eigenvalue weighted by Gasteiger charge is 2.30. The molecule has 0 bridgehead atoms. The van der Waals surface area contributed by atoms with Crippen LogP contribution in [0.3, 0.4) is 0 Å². The first kappa shape index (κ1) is 12.4. The second-order valence-corrected chi connectivity index (χ2v) is 4.25. The van der Waals surface area contributed by atoms with Crippen molar-refractivity contribution in [1.82, 2.24) is 5.32 Å². The summed E-state index contributed by atoms with van der Waals surface area (Å²) in [6.07, 6.45) is -4.44. The van der Waals surface area contributed by atoms with Crippen LogP contribution in [0.2, 0.25) is 0 Å². The zero-order chi connectivity index (χ0) is 12.5. The number of morpholine rings is 1. The number of alkyl halides is 3. The van der Waals surface area contributed by atoms with Crippen LogP contribution >= 0.6 is 0 Å². The zero-order valence-corrected chi connectivity index (χ0v) is 9.42. The molecule has 0 radical (unpaired) electrons. The van der Waals surface area contributed by atoms with Crippen LogP contribution in [0.5, 0.6) is 0 Å². The van der Waals surface area contributed by atoms with Crippen molar-refractivity contribution in [2.24, 2.45) is 0 Å². The van der Waals surface area contributed by atoms with E-state index in [0.29, 0.717) is 19.2 Å². The summed E-state index contributed by atoms with van der Waals surface area (Å²) in [5.41, 5.74) is 0.149. The van der Waals surface area contributed by atoms with Gasteiger partial charge in [-0.3, -0.25) is 0 Å². The molecule has 0 aromatic heterocycles. The highest BCUT2D eigenvalue weighted by atomic mass is 19.4. The van der Waals surface area contributed by atoms with Crippen LogP contribution in [-0.2, 0) is 10.9 Å². The van der Waals surface area contributed by atoms with Crippen LogP contribution in [0.25, 0.3) is 0 Å². The van der Waals surface area contributed by atoms with Gasteiger partial charge >= 0.3 is 6.18 Å². The maximum atomic E-state index is 12.4. The summed E-state index contributed by atoms with van der Waals surface area (Å²) >= 11 is 0. The molecule has 0 saturated carbocycles. The van der Waals surface area contributed by atoms with E-state index in [1.807, 2.05) is 6.92 Å². The van der Waals surface area contributed by atoms with Crippen molar-refractivity contribution < 1.29 is 17.9 Å². The van der Waals surface area contributed by atoms with E-state index < -0.39 is 11.7 Å². The van der Waals surface area contributed by atoms with Crippen LogP contribution in [0.1, 0.15) is 24.2 Å². The molecule has 1 aromatic rings. The Balaban J connectivity index is 2.08. The summed E-state index contributed by atoms with van der Waals surface area (Å²) in [6, 6.07) is 5.43. The molecule has 2 rings (SSSR count). The third-order valence-corrected chi connectivity index (χ3v) is 2.81. The Morgan fingerprint density at radius 3 is 2.35 bits per heavy atom. The molecule has 1 aliphatic heterocycles. The van der Waals surface area contributed by atoms with Crippen LogP contribution < -0.4 is 5.32 Å². The summed E-state index contributed by atoms with van der Waals surface area (Å²) < 4.78 is 42.7. The second-order valence-electron chi connectivity index (χ2n) is 4.25. The van der Waals surface area contributed by atoms with Gasteiger partial charge in [0.2, 0.25) is 0 Å². The standard InChI is InChI=1S/C12H14F3NO/c1-8-7-17-11(6-16-8)9-2-4-10(5-3-9)12(13,14)15/h2-5,8,11,16H,6-7H2,1H3/t8-,11?/m1/s1. The first-order valence-corrected chi connectivity index (χ1v) is 5.49. The van der Waals surface area contributed by atoms with Gasteiger partial charge < -0.3 is 10.1 Å². The van der Waals surface area contributed by atoms with E-state index in [0.717, 1.165) is 17.7 Å². The molecular weight excluding hydrogens is 231 g/mol. The Kier molecular flexibility index (Phi) is 3.40. The van der Waals surface area contributed by atoms with Gasteiger partial charge in [-0.15, -0.1) is 0 Å². The number of halogens is 3. The van der Waals surface area contributed by atoms with Gasteiger partial charge in [-0.2, -0.15) is 13.2 Å². The third-order valence-electron chi connectivity index (χ3n) is 2.81. The Morgan fingerprint density at radius 1 is 1.24 bits per heavy atom. The van der Waals surface area contributed by atoms with E-state index >= 15 is 0 Å². The van der Waals surface area contributed by atoms with Crippen LogP contribution in [0, 0.1) is 0 Å². The van der Waals surface area contributed by atoms with Gasteiger partial charge in [-0.25, -0.2) is 0 Å². The minimum Gasteiger partial charge on any atom is -0.371 e. The number of ether oxygens (including phenoxy) is 1. The number of rotatable bonds is 1. The van der Waals surface area contributed by atoms with E-state index in [2.05, 4.69) is 5.32 Å². The lowest BCUT2D eigenvalue weighted by Crippen LogP contribution is -2.40. The Hall–Kier alpha value is -1.07. The minimum atomic E-state index is -4.28. The van der Waals surface area contributed by atoms with Gasteiger partial charge in [0, 0.05) is 12.6 Å². The quantitative estimate of drug-likeness (QED) is 0.821. The predicted octanol–water partition coefficient (Wildman–Crippen LogP) is 2.75. The van der Waals surface area contributed by atoms with Crippen molar-refractivity contribution in [3.05, 3.63) is 35.4 Å². The topological polar surface area (TPSA) is 21.3 Å². The monoisotopic (exact) mass is 245 g/mol. The third kappa shape index (κ3) is 2.98. The molecule has 5 heteroatoms. The van der Waals surface area contributed by atoms with E-state index in [9.17, 15) is 13.2 Å². The highest BCUT2D eigenvalue weighted by molar-refractivity contribution is 5.26. The van der Waals surface area contributed by atoms with Gasteiger partial charge in [0.1, 0.15) is 0 Å². The van der Waals surface area contributed by atoms with Crippen molar-refractivity contribution in [3.8, 4) is 0 Å². The van der Waals surface area contributed by atoms with Gasteiger partial charge in [-0.1, -0.05) is 12.1 Å². The van der Waals surface area contributed by atoms with Crippen molar-refractivity contribution in [2.75, 3.05) is 13.2 Å². The van der Waals surface area contributed by atoms with Gasteiger partial charge in [0.05, 0.1) is 18.3 Å². The largest absolute Gasteiger partial charge is 0.416 e. The molecule has 0 aliphatic carbocycles. The predicted molar refractivity (Wildman–Crippen MR) is 57.6 cm³/mol. The maximum absolute atomic E-state index is 12.4. The van der Waals surface area contributed by atoms with E-state index in [1.165, 1.54) is 12.1 Å². The average molecular weight is 245 g/mol. The fourth-order valence-corrected chi connectivity index (χ4v) is 1.79. The molecule has 0 spiro atoms. The van der Waals surface area contributed by atoms with Crippen molar-refractivity contribution >= 4 is 0 Å². The van der Waals surface area contributed by atoms with E-state index in [1.54, 1.807) is 0 Å². The Labute approximate surface area is 97.8 Å². The average Bonchev–Trinajstić information content (AvgIpc) is 2.29. The second kappa shape index (κ2) is 4.66. The molecule has 1 aromatic carbocycles. The molecule has 0 amide bonds. The summed E-state index contributed by atoms with van der Waals surface area (Å²) in [5, 5.41) is 3.23. The first-order chi connectivity index (χ1) is 7.97. The van der Waals surface area contributed by atoms with Gasteiger partial charge in [-0.05, 0) is 24.6 Å². The summed E-state index contributed by atoms with van der Waals surface area (Å²) in [4.78, 5) is 0. The van der Waals surface area contributed by atoms with Crippen LogP contribution in [0.4, 0.5) is 13.2 Å². The van der Waals surface area contributed by atoms with E-state index in [4.69, 9.17) is 4.74 Å². The smallest absolute Gasteiger partial charge is 0.371 e. The van der Waals surface area contributed by atoms with Gasteiger partial charge in [0.15, 0.2) is 0 Å². The maximum Gasteiger partial charge on any atom is 0.416 e. The molecule has 1 N–H and O–H groups in total. The fourth-order valence-electron chi connectivity index (χ4n) is 1.79. The lowest BCUT2D eigenvalue weighted by Gasteiger charge is -2.28. The molecule has 2 atom stereocenters. The first-order valence-electron chi connectivity index (χ1n) is 5.49. The Bertz CT molecular complexity index is 366. The molecular formula is C12H14F3NO. The van der Waals surface area contributed by atoms with Gasteiger partial charge in [0.25, 0.3) is 0 Å². The zero-order valence-electron chi connectivity index (χ0n) is 9.42. The molecule has 17 heavy (non-hydrogen) atoms. The van der Waals surface area contributed by atoms with Crippen LogP contribution in [0.15, 0.2) is 24.3 Å². The molecule has 1 fully saturated rings. The molecule has 1 unspecified atom stereocenters. The summed E-state index contributed by atoms with van der Waals surface area (Å²) in [6.45, 7) is 3.21. The minimum absolute atomic E-state index is 0.159. The van der Waals surface area contributed by atoms with E-state index in [-0.39, 0.29) is 6.10 Å². The molecule has 1 aliphatic rings. The molecule has 94 valence electrons. The number of hydrogen-bond acceptors (Lipinski definition) is 2. The Morgan fingerprint density at radius 2 is 1.88 bits per heavy atom. The molecule has 2 nitrogen and oxygen atoms in total. The molecule has 1 saturated heterocycles. The normalized spacial score (nSPS) is 25.9. The summed E-state index contributed by atoms with van der Waals surface area (Å²) in [5.74, 6) is 0. The number of benzene rings is 1. The van der Waals surface area contributed by atoms with Crippen molar-refractivity contribution in [1.29, 1.82) is 0 Å². The van der Waals surface area contributed by atoms with Crippen molar-refractivity contribution in [2.45, 2.75) is 25.2 Å². The SMILES string of the molecule is C[C@@H]1COC(c2ccc(C(F)(F)F)cc2)CN1. The fraction of sp³-hybridized carbons (Fsp3) is 0.500. The lowest BCUT2D eigenvalue weighted by molar-refractivity contribution is -0.137. The highest BCUT2D eigenvalue weighted by Crippen LogP contribution is 2.30. The number of hydrogen-bond donors (Lipinski definition) is 1. The lowest BCUT2D eigenvalue weighted by atomic mass is 10.1. The van der Waals surface area contributed by atoms with Crippen molar-refractivity contribution in [3.63, 3.8) is 0 Å². The summed E-state index contributed by atoms with van der Waals surface area (Å²) in [7, 11) is 0. The molecule has 1 heterocycles.